The van der Waals surface area contributed by atoms with Gasteiger partial charge in [0.1, 0.15) is 22.0 Å². The van der Waals surface area contributed by atoms with Crippen LogP contribution in [0.3, 0.4) is 0 Å². The first-order valence-corrected chi connectivity index (χ1v) is 8.32. The van der Waals surface area contributed by atoms with Crippen molar-refractivity contribution in [3.63, 3.8) is 0 Å². The van der Waals surface area contributed by atoms with Crippen LogP contribution in [0.4, 0.5) is 18.9 Å². The van der Waals surface area contributed by atoms with Gasteiger partial charge in [0.05, 0.1) is 17.8 Å². The monoisotopic (exact) mass is 431 g/mol. The predicted octanol–water partition coefficient (Wildman–Crippen LogP) is 4.51. The number of rotatable bonds is 3. The number of nitrogens with zero attached hydrogens (tertiary/aromatic N) is 1. The third-order valence-electron chi connectivity index (χ3n) is 3.80. The van der Waals surface area contributed by atoms with E-state index in [4.69, 9.17) is 27.9 Å². The summed E-state index contributed by atoms with van der Waals surface area (Å²) in [5.74, 6) is -0.687. The van der Waals surface area contributed by atoms with E-state index in [0.717, 1.165) is 18.3 Å². The van der Waals surface area contributed by atoms with E-state index in [9.17, 15) is 22.8 Å². The van der Waals surface area contributed by atoms with Gasteiger partial charge in [0.2, 0.25) is 0 Å². The molecular weight excluding hydrogens is 422 g/mol. The highest BCUT2D eigenvalue weighted by molar-refractivity contribution is 6.39. The smallest absolute Gasteiger partial charge is 0.433 e. The summed E-state index contributed by atoms with van der Waals surface area (Å²) in [6, 6.07) is 4.53. The van der Waals surface area contributed by atoms with E-state index in [0.29, 0.717) is 0 Å². The molecule has 146 valence electrons. The van der Waals surface area contributed by atoms with Gasteiger partial charge in [-0.2, -0.15) is 13.2 Å². The molecule has 3 aromatic rings. The fourth-order valence-electron chi connectivity index (χ4n) is 2.49. The number of H-pyrrole nitrogens is 1. The summed E-state index contributed by atoms with van der Waals surface area (Å²) in [6.07, 6.45) is -3.52. The van der Waals surface area contributed by atoms with E-state index >= 15 is 0 Å². The number of methoxy groups -OCH3 is 1. The summed E-state index contributed by atoms with van der Waals surface area (Å²) in [7, 11) is 1.27. The molecule has 28 heavy (non-hydrogen) atoms. The molecule has 0 aliphatic rings. The van der Waals surface area contributed by atoms with Crippen LogP contribution in [0.15, 0.2) is 35.3 Å². The number of aromatic nitrogens is 2. The minimum absolute atomic E-state index is 0.00978. The number of benzene rings is 1. The fourth-order valence-corrected chi connectivity index (χ4v) is 2.94. The number of aromatic amines is 1. The van der Waals surface area contributed by atoms with Crippen molar-refractivity contribution in [2.24, 2.45) is 0 Å². The Morgan fingerprint density at radius 3 is 2.57 bits per heavy atom. The zero-order valence-electron chi connectivity index (χ0n) is 13.9. The van der Waals surface area contributed by atoms with Gasteiger partial charge in [-0.3, -0.25) is 9.59 Å². The van der Waals surface area contributed by atoms with E-state index < -0.39 is 23.3 Å². The number of alkyl halides is 3. The molecule has 0 saturated heterocycles. The van der Waals surface area contributed by atoms with Gasteiger partial charge in [0.15, 0.2) is 0 Å². The first kappa shape index (κ1) is 20.0. The zero-order valence-corrected chi connectivity index (χ0v) is 15.5. The molecule has 0 saturated carbocycles. The summed E-state index contributed by atoms with van der Waals surface area (Å²) < 4.78 is 44.0. The highest BCUT2D eigenvalue weighted by Crippen LogP contribution is 2.34. The SMILES string of the molecule is COc1ccc(C(=O)Nc2c(Cl)c[nH]c(=O)c2Cl)c2ccc(C(F)(F)F)nc12. The Balaban J connectivity index is 2.12. The summed E-state index contributed by atoms with van der Waals surface area (Å²) in [5.41, 5.74) is -2.08. The number of carbonyl (C=O) groups is 1. The number of fused-ring (bicyclic) bond motifs is 1. The molecule has 0 aliphatic heterocycles. The molecule has 0 atom stereocenters. The first-order chi connectivity index (χ1) is 13.1. The Morgan fingerprint density at radius 2 is 1.93 bits per heavy atom. The molecule has 1 amide bonds. The maximum atomic E-state index is 13.0. The van der Waals surface area contributed by atoms with Gasteiger partial charge in [-0.15, -0.1) is 0 Å². The van der Waals surface area contributed by atoms with Gasteiger partial charge >= 0.3 is 6.18 Å². The van der Waals surface area contributed by atoms with Crippen LogP contribution >= 0.6 is 23.2 Å². The number of ether oxygens (including phenoxy) is 1. The van der Waals surface area contributed by atoms with Gasteiger partial charge in [-0.1, -0.05) is 23.2 Å². The van der Waals surface area contributed by atoms with Crippen molar-refractivity contribution in [1.29, 1.82) is 0 Å². The summed E-state index contributed by atoms with van der Waals surface area (Å²) in [5, 5.41) is 2.15. The van der Waals surface area contributed by atoms with Crippen LogP contribution in [0, 0.1) is 0 Å². The van der Waals surface area contributed by atoms with Crippen LogP contribution in [0.2, 0.25) is 10.0 Å². The lowest BCUT2D eigenvalue weighted by Gasteiger charge is -2.13. The minimum Gasteiger partial charge on any atom is -0.494 e. The number of anilines is 1. The van der Waals surface area contributed by atoms with Crippen molar-refractivity contribution in [3.8, 4) is 5.75 Å². The van der Waals surface area contributed by atoms with Gasteiger partial charge in [-0.05, 0) is 24.3 Å². The number of hydrogen-bond acceptors (Lipinski definition) is 4. The van der Waals surface area contributed by atoms with E-state index in [1.54, 1.807) is 0 Å². The second kappa shape index (κ2) is 7.33. The molecule has 2 N–H and O–H groups in total. The van der Waals surface area contributed by atoms with Gasteiger partial charge in [0.25, 0.3) is 11.5 Å². The largest absolute Gasteiger partial charge is 0.494 e. The molecule has 0 aliphatic carbocycles. The Hall–Kier alpha value is -2.78. The molecule has 0 spiro atoms. The number of halogens is 5. The number of carbonyl (C=O) groups excluding carboxylic acids is 1. The summed E-state index contributed by atoms with van der Waals surface area (Å²) in [6.45, 7) is 0. The third-order valence-corrected chi connectivity index (χ3v) is 4.46. The minimum atomic E-state index is -4.66. The molecule has 3 rings (SSSR count). The molecule has 2 aromatic heterocycles. The first-order valence-electron chi connectivity index (χ1n) is 7.56. The lowest BCUT2D eigenvalue weighted by Crippen LogP contribution is -2.17. The maximum absolute atomic E-state index is 13.0. The van der Waals surface area contributed by atoms with Crippen LogP contribution in [0.25, 0.3) is 10.9 Å². The summed E-state index contributed by atoms with van der Waals surface area (Å²) >= 11 is 11.8. The molecule has 0 radical (unpaired) electrons. The van der Waals surface area contributed by atoms with E-state index in [2.05, 4.69) is 15.3 Å². The second-order valence-corrected chi connectivity index (χ2v) is 6.30. The van der Waals surface area contributed by atoms with E-state index in [-0.39, 0.29) is 37.9 Å². The van der Waals surface area contributed by atoms with E-state index in [1.165, 1.54) is 19.2 Å². The van der Waals surface area contributed by atoms with Crippen molar-refractivity contribution in [1.82, 2.24) is 9.97 Å². The zero-order chi connectivity index (χ0) is 20.6. The lowest BCUT2D eigenvalue weighted by atomic mass is 10.1. The van der Waals surface area contributed by atoms with Crippen molar-refractivity contribution < 1.29 is 22.7 Å². The molecular formula is C17H10Cl2F3N3O3. The van der Waals surface area contributed by atoms with Crippen molar-refractivity contribution in [2.75, 3.05) is 12.4 Å². The number of hydrogen-bond donors (Lipinski definition) is 2. The Labute approximate surface area is 165 Å². The average molecular weight is 432 g/mol. The highest BCUT2D eigenvalue weighted by atomic mass is 35.5. The number of amides is 1. The van der Waals surface area contributed by atoms with Crippen LogP contribution in [0.1, 0.15) is 16.1 Å². The van der Waals surface area contributed by atoms with Crippen LogP contribution in [0.5, 0.6) is 5.75 Å². The van der Waals surface area contributed by atoms with Gasteiger partial charge < -0.3 is 15.0 Å². The molecule has 0 fully saturated rings. The van der Waals surface area contributed by atoms with Crippen molar-refractivity contribution >= 4 is 45.7 Å². The predicted molar refractivity (Wildman–Crippen MR) is 98.3 cm³/mol. The molecule has 6 nitrogen and oxygen atoms in total. The second-order valence-electron chi connectivity index (χ2n) is 5.51. The lowest BCUT2D eigenvalue weighted by molar-refractivity contribution is -0.140. The van der Waals surface area contributed by atoms with Crippen LogP contribution < -0.4 is 15.6 Å². The van der Waals surface area contributed by atoms with E-state index in [1.807, 2.05) is 0 Å². The molecule has 1 aromatic carbocycles. The number of nitrogens with one attached hydrogen (secondary N) is 2. The van der Waals surface area contributed by atoms with Crippen molar-refractivity contribution in [3.05, 3.63) is 62.1 Å². The Kier molecular flexibility index (Phi) is 5.22. The van der Waals surface area contributed by atoms with Crippen LogP contribution in [-0.2, 0) is 6.18 Å². The van der Waals surface area contributed by atoms with Gasteiger partial charge in [-0.25, -0.2) is 4.98 Å². The maximum Gasteiger partial charge on any atom is 0.433 e. The summed E-state index contributed by atoms with van der Waals surface area (Å²) in [4.78, 5) is 30.2. The topological polar surface area (TPSA) is 84.1 Å². The Morgan fingerprint density at radius 1 is 1.21 bits per heavy atom. The highest BCUT2D eigenvalue weighted by Gasteiger charge is 2.33. The standard InChI is InChI=1S/C17H10Cl2F3N3O3/c1-28-10-4-2-8(7-3-5-11(17(20,21)22)24-13(7)10)15(26)25-14-9(18)6-23-16(27)12(14)19/h2-6H,1H3,(H2,23,25,26,27). The third kappa shape index (κ3) is 3.63. The molecule has 11 heteroatoms. The van der Waals surface area contributed by atoms with Crippen LogP contribution in [-0.4, -0.2) is 23.0 Å². The molecule has 2 heterocycles. The number of pyridine rings is 2. The Bertz CT molecular complexity index is 1150. The fraction of sp³-hybridized carbons (Fsp3) is 0.118. The van der Waals surface area contributed by atoms with Gasteiger partial charge in [0, 0.05) is 17.1 Å². The average Bonchev–Trinajstić information content (AvgIpc) is 2.66. The molecule has 0 unspecified atom stereocenters. The quantitative estimate of drug-likeness (QED) is 0.638. The molecule has 0 bridgehead atoms. The normalized spacial score (nSPS) is 11.5. The van der Waals surface area contributed by atoms with Crippen molar-refractivity contribution in [2.45, 2.75) is 6.18 Å².